The topological polar surface area (TPSA) is 127 Å². The highest BCUT2D eigenvalue weighted by Crippen LogP contribution is 2.44. The number of hydrogen-bond donors (Lipinski definition) is 2. The highest BCUT2D eigenvalue weighted by molar-refractivity contribution is 6.00. The number of nitrogens with one attached hydrogen (secondary N) is 1. The molecular weight excluding hydrogens is 596 g/mol. The molecule has 1 aromatic carbocycles. The van der Waals surface area contributed by atoms with Gasteiger partial charge in [0.25, 0.3) is 5.91 Å². The monoisotopic (exact) mass is 648 g/mol. The van der Waals surface area contributed by atoms with Crippen LogP contribution < -0.4 is 5.32 Å². The van der Waals surface area contributed by atoms with Crippen LogP contribution in [0, 0.1) is 5.92 Å². The molecule has 1 saturated carbocycles. The number of amides is 3. The number of morpholine rings is 1. The number of piperidine rings is 1. The molecule has 5 aliphatic rings. The Kier molecular flexibility index (Phi) is 10.2. The van der Waals surface area contributed by atoms with Gasteiger partial charge in [-0.1, -0.05) is 44.7 Å². The maximum absolute atomic E-state index is 14.1. The SMILES string of the molecule is CCCCN1C(=O)[C@@H]([C@H](O)C2CCCCC2)NC(=O)C12CCN(C(c1ccc(C(=O)N3CCOCC3)cc1)C1(C)C=C(C)N=N1)CC2. The van der Waals surface area contributed by atoms with Crippen molar-refractivity contribution in [3.8, 4) is 0 Å². The molecule has 1 aromatic rings. The van der Waals surface area contributed by atoms with Crippen molar-refractivity contribution in [2.45, 2.75) is 108 Å². The van der Waals surface area contributed by atoms with Gasteiger partial charge in [0.05, 0.1) is 31.1 Å². The minimum Gasteiger partial charge on any atom is -0.390 e. The first-order chi connectivity index (χ1) is 22.7. The van der Waals surface area contributed by atoms with Gasteiger partial charge in [-0.25, -0.2) is 0 Å². The van der Waals surface area contributed by atoms with Crippen molar-refractivity contribution in [2.24, 2.45) is 16.1 Å². The van der Waals surface area contributed by atoms with Gasteiger partial charge >= 0.3 is 0 Å². The van der Waals surface area contributed by atoms with Crippen LogP contribution in [-0.2, 0) is 14.3 Å². The van der Waals surface area contributed by atoms with Gasteiger partial charge in [-0.2, -0.15) is 10.2 Å². The summed E-state index contributed by atoms with van der Waals surface area (Å²) in [5.41, 5.74) is 0.941. The Hall–Kier alpha value is -3.15. The van der Waals surface area contributed by atoms with Crippen LogP contribution in [0.3, 0.4) is 0 Å². The smallest absolute Gasteiger partial charge is 0.254 e. The third kappa shape index (κ3) is 6.63. The molecule has 1 aliphatic carbocycles. The molecule has 3 saturated heterocycles. The molecule has 0 aromatic heterocycles. The molecule has 11 heteroatoms. The van der Waals surface area contributed by atoms with E-state index in [1.807, 2.05) is 41.0 Å². The third-order valence-corrected chi connectivity index (χ3v) is 11.2. The molecule has 4 atom stereocenters. The number of benzene rings is 1. The van der Waals surface area contributed by atoms with E-state index in [1.165, 1.54) is 0 Å². The number of aliphatic hydroxyl groups is 1. The molecule has 2 N–H and O–H groups in total. The van der Waals surface area contributed by atoms with Crippen LogP contribution in [0.5, 0.6) is 0 Å². The zero-order valence-electron chi connectivity index (χ0n) is 28.3. The molecule has 4 fully saturated rings. The Morgan fingerprint density at radius 1 is 1.06 bits per heavy atom. The molecule has 0 radical (unpaired) electrons. The number of likely N-dealkylation sites (tertiary alicyclic amines) is 1. The Morgan fingerprint density at radius 2 is 1.74 bits per heavy atom. The number of carbonyl (C=O) groups excluding carboxylic acids is 3. The predicted octanol–water partition coefficient (Wildman–Crippen LogP) is 4.23. The Balaban J connectivity index is 1.23. The van der Waals surface area contributed by atoms with E-state index in [-0.39, 0.29) is 29.7 Å². The lowest BCUT2D eigenvalue weighted by Crippen LogP contribution is -2.75. The van der Waals surface area contributed by atoms with E-state index in [9.17, 15) is 19.5 Å². The summed E-state index contributed by atoms with van der Waals surface area (Å²) in [6.45, 7) is 10.1. The van der Waals surface area contributed by atoms with Gasteiger partial charge in [-0.05, 0) is 75.6 Å². The summed E-state index contributed by atoms with van der Waals surface area (Å²) in [6, 6.07) is 6.77. The van der Waals surface area contributed by atoms with E-state index < -0.39 is 23.2 Å². The third-order valence-electron chi connectivity index (χ3n) is 11.2. The average Bonchev–Trinajstić information content (AvgIpc) is 3.46. The van der Waals surface area contributed by atoms with E-state index in [4.69, 9.17) is 9.85 Å². The lowest BCUT2D eigenvalue weighted by atomic mass is 9.76. The van der Waals surface area contributed by atoms with Gasteiger partial charge in [-0.3, -0.25) is 19.3 Å². The molecule has 3 amide bonds. The molecule has 6 rings (SSSR count). The van der Waals surface area contributed by atoms with Crippen molar-refractivity contribution in [1.29, 1.82) is 0 Å². The second-order valence-electron chi connectivity index (χ2n) is 14.4. The Labute approximate surface area is 278 Å². The molecule has 1 spiro atoms. The molecular formula is C36H52N6O5. The quantitative estimate of drug-likeness (QED) is 0.413. The van der Waals surface area contributed by atoms with E-state index in [0.29, 0.717) is 64.3 Å². The lowest BCUT2D eigenvalue weighted by Gasteiger charge is -2.54. The number of hydrogen-bond acceptors (Lipinski definition) is 8. The highest BCUT2D eigenvalue weighted by atomic mass is 16.5. The first-order valence-corrected chi connectivity index (χ1v) is 17.8. The van der Waals surface area contributed by atoms with E-state index in [1.54, 1.807) is 0 Å². The molecule has 0 bridgehead atoms. The number of azo groups is 1. The summed E-state index contributed by atoms with van der Waals surface area (Å²) < 4.78 is 5.42. The number of aliphatic hydroxyl groups excluding tert-OH is 1. The van der Waals surface area contributed by atoms with Crippen molar-refractivity contribution in [3.63, 3.8) is 0 Å². The van der Waals surface area contributed by atoms with Gasteiger partial charge in [0, 0.05) is 38.3 Å². The van der Waals surface area contributed by atoms with Crippen LogP contribution in [-0.4, -0.2) is 107 Å². The van der Waals surface area contributed by atoms with Gasteiger partial charge in [0.1, 0.15) is 17.1 Å². The van der Waals surface area contributed by atoms with Gasteiger partial charge in [0.15, 0.2) is 0 Å². The lowest BCUT2D eigenvalue weighted by molar-refractivity contribution is -0.166. The minimum absolute atomic E-state index is 0.00544. The minimum atomic E-state index is -0.950. The number of carbonyl (C=O) groups is 3. The molecule has 256 valence electrons. The standard InChI is InChI=1S/C36H52N6O5/c1-4-5-17-42-33(45)29(30(43)26-9-7-6-8-10-26)37-34(46)36(42)15-18-40(19-16-36)31(35(3)24-25(2)38-39-35)27-11-13-28(14-12-27)32(44)41-20-22-47-23-21-41/h11-14,24,26,29-31,43H,4-10,15-23H2,1-3H3,(H,37,46)/t29-,30-,31?,35?/m1/s1. The molecule has 4 heterocycles. The summed E-state index contributed by atoms with van der Waals surface area (Å²) in [7, 11) is 0. The summed E-state index contributed by atoms with van der Waals surface area (Å²) in [6.07, 6.45) is 8.96. The summed E-state index contributed by atoms with van der Waals surface area (Å²) >= 11 is 0. The van der Waals surface area contributed by atoms with Crippen LogP contribution in [0.1, 0.15) is 101 Å². The second kappa shape index (κ2) is 14.1. The Bertz CT molecular complexity index is 1360. The number of ether oxygens (including phenoxy) is 1. The predicted molar refractivity (Wildman–Crippen MR) is 178 cm³/mol. The van der Waals surface area contributed by atoms with Crippen LogP contribution in [0.15, 0.2) is 46.3 Å². The maximum Gasteiger partial charge on any atom is 0.254 e. The summed E-state index contributed by atoms with van der Waals surface area (Å²) in [4.78, 5) is 47.4. The van der Waals surface area contributed by atoms with Crippen LogP contribution in [0.4, 0.5) is 0 Å². The normalized spacial score (nSPS) is 28.3. The zero-order chi connectivity index (χ0) is 33.2. The van der Waals surface area contributed by atoms with Gasteiger partial charge < -0.3 is 25.0 Å². The highest BCUT2D eigenvalue weighted by Gasteiger charge is 2.56. The van der Waals surface area contributed by atoms with Crippen LogP contribution in [0.2, 0.25) is 0 Å². The largest absolute Gasteiger partial charge is 0.390 e. The van der Waals surface area contributed by atoms with Crippen molar-refractivity contribution in [1.82, 2.24) is 20.0 Å². The van der Waals surface area contributed by atoms with Crippen LogP contribution >= 0.6 is 0 Å². The molecule has 11 nitrogen and oxygen atoms in total. The summed E-state index contributed by atoms with van der Waals surface area (Å²) in [5, 5.41) is 23.5. The number of allylic oxidation sites excluding steroid dienone is 1. The van der Waals surface area contributed by atoms with E-state index in [2.05, 4.69) is 35.3 Å². The summed E-state index contributed by atoms with van der Waals surface area (Å²) in [5.74, 6) is -0.239. The Morgan fingerprint density at radius 3 is 2.36 bits per heavy atom. The number of unbranched alkanes of at least 4 members (excludes halogenated alkanes) is 1. The van der Waals surface area contributed by atoms with Crippen molar-refractivity contribution in [3.05, 3.63) is 47.2 Å². The second-order valence-corrected chi connectivity index (χ2v) is 14.4. The van der Waals surface area contributed by atoms with Gasteiger partial charge in [0.2, 0.25) is 11.8 Å². The van der Waals surface area contributed by atoms with Crippen molar-refractivity contribution >= 4 is 17.7 Å². The number of nitrogens with zero attached hydrogens (tertiary/aromatic N) is 5. The van der Waals surface area contributed by atoms with E-state index >= 15 is 0 Å². The zero-order valence-corrected chi connectivity index (χ0v) is 28.3. The van der Waals surface area contributed by atoms with E-state index in [0.717, 1.165) is 56.2 Å². The van der Waals surface area contributed by atoms with Crippen LogP contribution in [0.25, 0.3) is 0 Å². The molecule has 47 heavy (non-hydrogen) atoms. The van der Waals surface area contributed by atoms with Crippen molar-refractivity contribution < 1.29 is 24.2 Å². The van der Waals surface area contributed by atoms with Gasteiger partial charge in [-0.15, -0.1) is 0 Å². The average molecular weight is 649 g/mol. The molecule has 2 unspecified atom stereocenters. The fourth-order valence-corrected chi connectivity index (χ4v) is 8.58. The first-order valence-electron chi connectivity index (χ1n) is 17.8. The first kappa shape index (κ1) is 33.7. The molecule has 4 aliphatic heterocycles. The number of piperazine rings is 1. The fraction of sp³-hybridized carbons (Fsp3) is 0.694. The fourth-order valence-electron chi connectivity index (χ4n) is 8.58. The maximum atomic E-state index is 14.1. The number of rotatable bonds is 9. The van der Waals surface area contributed by atoms with Crippen molar-refractivity contribution in [2.75, 3.05) is 45.9 Å².